The van der Waals surface area contributed by atoms with Gasteiger partial charge < -0.3 is 19.7 Å². The molecule has 2 aromatic carbocycles. The number of methoxy groups -OCH3 is 1. The number of likely N-dealkylation sites (tertiary alicyclic amines) is 1. The summed E-state index contributed by atoms with van der Waals surface area (Å²) in [6, 6.07) is 6.86. The molecule has 0 radical (unpaired) electrons. The van der Waals surface area contributed by atoms with Crippen LogP contribution in [0.2, 0.25) is 0 Å². The van der Waals surface area contributed by atoms with E-state index in [1.165, 1.54) is 12.1 Å². The van der Waals surface area contributed by atoms with Crippen LogP contribution in [0.3, 0.4) is 0 Å². The van der Waals surface area contributed by atoms with E-state index in [0.29, 0.717) is 59.9 Å². The summed E-state index contributed by atoms with van der Waals surface area (Å²) in [6.07, 6.45) is 1.36. The van der Waals surface area contributed by atoms with Crippen molar-refractivity contribution >= 4 is 28.4 Å². The lowest BCUT2D eigenvalue weighted by molar-refractivity contribution is -0.130. The number of aromatic nitrogens is 3. The van der Waals surface area contributed by atoms with Gasteiger partial charge in [0.05, 0.1) is 30.8 Å². The number of nitrogens with one attached hydrogen (secondary N) is 1. The number of hydrogen-bond acceptors (Lipinski definition) is 6. The fourth-order valence-corrected chi connectivity index (χ4v) is 4.83. The zero-order valence-corrected chi connectivity index (χ0v) is 21.2. The molecule has 200 valence electrons. The normalized spacial score (nSPS) is 16.4. The van der Waals surface area contributed by atoms with Crippen molar-refractivity contribution in [2.45, 2.75) is 45.3 Å². The number of imidazole rings is 1. The van der Waals surface area contributed by atoms with Crippen LogP contribution >= 0.6 is 0 Å². The highest BCUT2D eigenvalue weighted by Gasteiger charge is 2.28. The third-order valence-corrected chi connectivity index (χ3v) is 6.84. The Labute approximate surface area is 217 Å². The zero-order chi connectivity index (χ0) is 27.0. The van der Waals surface area contributed by atoms with E-state index >= 15 is 0 Å². The molecule has 11 heteroatoms. The molecule has 2 aromatic heterocycles. The van der Waals surface area contributed by atoms with Crippen LogP contribution in [0.5, 0.6) is 11.5 Å². The Morgan fingerprint density at radius 2 is 2.03 bits per heavy atom. The standard InChI is InChI=1S/C27H28F3N5O3/c1-4-23(36)34-10-8-16(14-34)38-22-12-19-20(13-21(22)37-3)35-11-9-31-27(35)33-26(19)32-15(2)17-6-5-7-18(24(17)28)25(29)30/h5-7,9,11-13,15-16,25H,4,8,10,14H2,1-3H3,(H,31,32,33)/t15-,16?/m1/s1. The number of hydrogen-bond donors (Lipinski definition) is 1. The van der Waals surface area contributed by atoms with Crippen molar-refractivity contribution in [3.63, 3.8) is 0 Å². The maximum Gasteiger partial charge on any atom is 0.266 e. The first-order valence-corrected chi connectivity index (χ1v) is 12.4. The average Bonchev–Trinajstić information content (AvgIpc) is 3.57. The Balaban J connectivity index is 1.54. The smallest absolute Gasteiger partial charge is 0.266 e. The summed E-state index contributed by atoms with van der Waals surface area (Å²) in [4.78, 5) is 22.8. The summed E-state index contributed by atoms with van der Waals surface area (Å²) in [5, 5.41) is 3.82. The quantitative estimate of drug-likeness (QED) is 0.325. The lowest BCUT2D eigenvalue weighted by Crippen LogP contribution is -2.30. The fraction of sp³-hybridized carbons (Fsp3) is 0.370. The van der Waals surface area contributed by atoms with Gasteiger partial charge >= 0.3 is 0 Å². The number of ether oxygens (including phenoxy) is 2. The molecule has 2 atom stereocenters. The minimum atomic E-state index is -2.92. The van der Waals surface area contributed by atoms with E-state index in [2.05, 4.69) is 15.3 Å². The van der Waals surface area contributed by atoms with Crippen LogP contribution in [0.25, 0.3) is 16.7 Å². The van der Waals surface area contributed by atoms with E-state index in [9.17, 15) is 18.0 Å². The molecule has 1 N–H and O–H groups in total. The number of anilines is 1. The molecule has 1 aliphatic rings. The number of nitrogens with zero attached hydrogens (tertiary/aromatic N) is 4. The number of carbonyl (C=O) groups excluding carboxylic acids is 1. The first-order valence-electron chi connectivity index (χ1n) is 12.4. The second-order valence-corrected chi connectivity index (χ2v) is 9.22. The highest BCUT2D eigenvalue weighted by Crippen LogP contribution is 2.38. The second kappa shape index (κ2) is 10.4. The van der Waals surface area contributed by atoms with E-state index in [1.807, 2.05) is 6.92 Å². The van der Waals surface area contributed by atoms with Gasteiger partial charge in [-0.05, 0) is 13.0 Å². The molecule has 8 nitrogen and oxygen atoms in total. The van der Waals surface area contributed by atoms with E-state index < -0.39 is 23.8 Å². The third kappa shape index (κ3) is 4.68. The van der Waals surface area contributed by atoms with Crippen LogP contribution < -0.4 is 14.8 Å². The first kappa shape index (κ1) is 25.6. The van der Waals surface area contributed by atoms with Gasteiger partial charge in [0.25, 0.3) is 6.43 Å². The number of halogens is 3. The Morgan fingerprint density at radius 1 is 1.24 bits per heavy atom. The SMILES string of the molecule is CCC(=O)N1CCC(Oc2cc3c(N[C@H](C)c4cccc(C(F)F)c4F)nc4nccn4c3cc2OC)C1. The number of alkyl halides is 2. The molecule has 5 rings (SSSR count). The predicted molar refractivity (Wildman–Crippen MR) is 136 cm³/mol. The molecule has 0 spiro atoms. The Bertz CT molecular complexity index is 1490. The third-order valence-electron chi connectivity index (χ3n) is 6.84. The highest BCUT2D eigenvalue weighted by molar-refractivity contribution is 5.94. The maximum absolute atomic E-state index is 14.9. The van der Waals surface area contributed by atoms with Crippen LogP contribution in [-0.4, -0.2) is 51.5 Å². The van der Waals surface area contributed by atoms with Crippen LogP contribution in [-0.2, 0) is 4.79 Å². The van der Waals surface area contributed by atoms with Gasteiger partial charge in [-0.25, -0.2) is 18.2 Å². The van der Waals surface area contributed by atoms with Crippen molar-refractivity contribution in [3.05, 3.63) is 59.7 Å². The van der Waals surface area contributed by atoms with Gasteiger partial charge in [0.2, 0.25) is 11.7 Å². The van der Waals surface area contributed by atoms with Crippen molar-refractivity contribution in [1.29, 1.82) is 0 Å². The van der Waals surface area contributed by atoms with Gasteiger partial charge in [0, 0.05) is 48.8 Å². The Morgan fingerprint density at radius 3 is 2.76 bits per heavy atom. The van der Waals surface area contributed by atoms with Crippen LogP contribution in [0.1, 0.15) is 50.3 Å². The average molecular weight is 528 g/mol. The molecule has 0 bridgehead atoms. The van der Waals surface area contributed by atoms with E-state index in [-0.39, 0.29) is 17.6 Å². The van der Waals surface area contributed by atoms with Crippen molar-refractivity contribution < 1.29 is 27.4 Å². The summed E-state index contributed by atoms with van der Waals surface area (Å²) in [7, 11) is 1.54. The first-order chi connectivity index (χ1) is 18.3. The number of carbonyl (C=O) groups is 1. The van der Waals surface area contributed by atoms with Crippen LogP contribution in [0, 0.1) is 5.82 Å². The lowest BCUT2D eigenvalue weighted by Gasteiger charge is -2.21. The Hall–Kier alpha value is -4.02. The second-order valence-electron chi connectivity index (χ2n) is 9.22. The van der Waals surface area contributed by atoms with Crippen LogP contribution in [0.15, 0.2) is 42.7 Å². The number of rotatable bonds is 8. The van der Waals surface area contributed by atoms with Gasteiger partial charge in [0.1, 0.15) is 17.7 Å². The predicted octanol–water partition coefficient (Wildman–Crippen LogP) is 5.53. The van der Waals surface area contributed by atoms with Crippen molar-refractivity contribution in [2.75, 3.05) is 25.5 Å². The molecule has 3 heterocycles. The zero-order valence-electron chi connectivity index (χ0n) is 21.2. The van der Waals surface area contributed by atoms with Gasteiger partial charge in [-0.3, -0.25) is 9.20 Å². The topological polar surface area (TPSA) is 81.0 Å². The molecular formula is C27H28F3N5O3. The molecule has 1 fully saturated rings. The van der Waals surface area contributed by atoms with E-state index in [0.717, 1.165) is 6.07 Å². The lowest BCUT2D eigenvalue weighted by atomic mass is 10.0. The summed E-state index contributed by atoms with van der Waals surface area (Å²) in [6.45, 7) is 4.61. The molecule has 38 heavy (non-hydrogen) atoms. The van der Waals surface area contributed by atoms with Gasteiger partial charge in [-0.15, -0.1) is 0 Å². The van der Waals surface area contributed by atoms with Crippen LogP contribution in [0.4, 0.5) is 19.0 Å². The number of benzene rings is 2. The van der Waals surface area contributed by atoms with E-state index in [4.69, 9.17) is 9.47 Å². The minimum Gasteiger partial charge on any atom is -0.493 e. The molecular weight excluding hydrogens is 499 g/mol. The fourth-order valence-electron chi connectivity index (χ4n) is 4.83. The Kier molecular flexibility index (Phi) is 7.00. The summed E-state index contributed by atoms with van der Waals surface area (Å²) < 4.78 is 55.1. The maximum atomic E-state index is 14.9. The molecule has 0 aliphatic carbocycles. The molecule has 4 aromatic rings. The highest BCUT2D eigenvalue weighted by atomic mass is 19.3. The number of amides is 1. The molecule has 0 saturated carbocycles. The summed E-state index contributed by atoms with van der Waals surface area (Å²) >= 11 is 0. The minimum absolute atomic E-state index is 0.0805. The van der Waals surface area contributed by atoms with E-state index in [1.54, 1.807) is 47.9 Å². The van der Waals surface area contributed by atoms with Crippen molar-refractivity contribution in [2.24, 2.45) is 0 Å². The molecule has 1 aliphatic heterocycles. The monoisotopic (exact) mass is 527 g/mol. The van der Waals surface area contributed by atoms with Crippen molar-refractivity contribution in [3.8, 4) is 11.5 Å². The van der Waals surface area contributed by atoms with Gasteiger partial charge in [-0.2, -0.15) is 4.98 Å². The molecule has 1 unspecified atom stereocenters. The molecule has 1 amide bonds. The summed E-state index contributed by atoms with van der Waals surface area (Å²) in [5.41, 5.74) is 0.158. The number of fused-ring (bicyclic) bond motifs is 3. The summed E-state index contributed by atoms with van der Waals surface area (Å²) in [5.74, 6) is 0.875. The van der Waals surface area contributed by atoms with Gasteiger partial charge in [-0.1, -0.05) is 25.1 Å². The largest absolute Gasteiger partial charge is 0.493 e. The van der Waals surface area contributed by atoms with Gasteiger partial charge in [0.15, 0.2) is 11.5 Å². The van der Waals surface area contributed by atoms with Crippen molar-refractivity contribution in [1.82, 2.24) is 19.3 Å². The molecule has 1 saturated heterocycles.